The molecule has 0 heterocycles. The molecule has 0 aliphatic carbocycles. The summed E-state index contributed by atoms with van der Waals surface area (Å²) in [6.07, 6.45) is 0. The van der Waals surface area contributed by atoms with Crippen molar-refractivity contribution in [3.63, 3.8) is 0 Å². The van der Waals surface area contributed by atoms with Gasteiger partial charge in [0.25, 0.3) is 0 Å². The Hall–Kier alpha value is -1.94. The molecule has 2 rings (SSSR count). The molecule has 106 valence electrons. The Kier molecular flexibility index (Phi) is 4.35. The van der Waals surface area contributed by atoms with Gasteiger partial charge in [0.1, 0.15) is 5.82 Å². The van der Waals surface area contributed by atoms with Crippen LogP contribution in [0.2, 0.25) is 5.02 Å². The van der Waals surface area contributed by atoms with E-state index in [2.05, 4.69) is 5.32 Å². The van der Waals surface area contributed by atoms with E-state index in [0.29, 0.717) is 16.5 Å². The summed E-state index contributed by atoms with van der Waals surface area (Å²) in [5, 5.41) is 13.1. The number of benzene rings is 2. The van der Waals surface area contributed by atoms with Crippen molar-refractivity contribution in [2.45, 2.75) is 13.0 Å². The van der Waals surface area contributed by atoms with E-state index in [4.69, 9.17) is 16.3 Å². The van der Waals surface area contributed by atoms with Gasteiger partial charge in [-0.2, -0.15) is 0 Å². The third-order valence-electron chi connectivity index (χ3n) is 3.00. The second-order valence-corrected chi connectivity index (χ2v) is 4.86. The zero-order valence-electron chi connectivity index (χ0n) is 11.2. The van der Waals surface area contributed by atoms with E-state index in [1.165, 1.54) is 25.3 Å². The lowest BCUT2D eigenvalue weighted by atomic mass is 10.1. The second kappa shape index (κ2) is 6.01. The van der Waals surface area contributed by atoms with E-state index in [1.54, 1.807) is 18.2 Å². The summed E-state index contributed by atoms with van der Waals surface area (Å²) in [4.78, 5) is 0. The number of methoxy groups -OCH3 is 1. The Balaban J connectivity index is 2.23. The van der Waals surface area contributed by atoms with Crippen LogP contribution in [0.1, 0.15) is 18.5 Å². The summed E-state index contributed by atoms with van der Waals surface area (Å²) in [5.41, 5.74) is 1.19. The summed E-state index contributed by atoms with van der Waals surface area (Å²) >= 11 is 5.86. The molecule has 1 unspecified atom stereocenters. The van der Waals surface area contributed by atoms with Crippen molar-refractivity contribution in [3.8, 4) is 11.5 Å². The molecule has 0 amide bonds. The first-order valence-corrected chi connectivity index (χ1v) is 6.47. The van der Waals surface area contributed by atoms with Gasteiger partial charge >= 0.3 is 0 Å². The molecule has 0 bridgehead atoms. The van der Waals surface area contributed by atoms with Gasteiger partial charge in [-0.3, -0.25) is 0 Å². The van der Waals surface area contributed by atoms with Crippen LogP contribution in [0.3, 0.4) is 0 Å². The average Bonchev–Trinajstić information content (AvgIpc) is 2.43. The second-order valence-electron chi connectivity index (χ2n) is 4.42. The number of phenols is 1. The molecule has 3 nitrogen and oxygen atoms in total. The highest BCUT2D eigenvalue weighted by molar-refractivity contribution is 6.30. The number of halogens is 2. The smallest absolute Gasteiger partial charge is 0.160 e. The van der Waals surface area contributed by atoms with Gasteiger partial charge in [0.2, 0.25) is 0 Å². The summed E-state index contributed by atoms with van der Waals surface area (Å²) < 4.78 is 18.7. The Morgan fingerprint density at radius 3 is 2.70 bits per heavy atom. The van der Waals surface area contributed by atoms with Gasteiger partial charge in [0.05, 0.1) is 12.8 Å². The maximum atomic E-state index is 13.7. The summed E-state index contributed by atoms with van der Waals surface area (Å²) in [6, 6.07) is 9.17. The van der Waals surface area contributed by atoms with Crippen LogP contribution in [0.15, 0.2) is 36.4 Å². The quantitative estimate of drug-likeness (QED) is 0.880. The number of aromatic hydroxyl groups is 1. The van der Waals surface area contributed by atoms with E-state index in [1.807, 2.05) is 6.92 Å². The van der Waals surface area contributed by atoms with E-state index < -0.39 is 0 Å². The van der Waals surface area contributed by atoms with Crippen molar-refractivity contribution < 1.29 is 14.2 Å². The molecule has 0 aliphatic heterocycles. The third kappa shape index (κ3) is 3.14. The summed E-state index contributed by atoms with van der Waals surface area (Å²) in [5.74, 6) is 0.0760. The number of nitrogens with one attached hydrogen (secondary N) is 1. The maximum Gasteiger partial charge on any atom is 0.160 e. The predicted octanol–water partition coefficient (Wildman–Crippen LogP) is 4.37. The molecule has 2 N–H and O–H groups in total. The number of anilines is 1. The molecule has 0 aliphatic rings. The molecule has 1 atom stereocenters. The SMILES string of the molecule is COc1cc(C(C)Nc2cc(Cl)ccc2F)ccc1O. The first kappa shape index (κ1) is 14.5. The van der Waals surface area contributed by atoms with Crippen LogP contribution in [0.5, 0.6) is 11.5 Å². The van der Waals surface area contributed by atoms with E-state index >= 15 is 0 Å². The van der Waals surface area contributed by atoms with Crippen molar-refractivity contribution in [1.82, 2.24) is 0 Å². The lowest BCUT2D eigenvalue weighted by Gasteiger charge is -2.17. The molecule has 0 fully saturated rings. The number of rotatable bonds is 4. The molecule has 20 heavy (non-hydrogen) atoms. The molecule has 0 saturated carbocycles. The van der Waals surface area contributed by atoms with Crippen LogP contribution in [0.25, 0.3) is 0 Å². The minimum absolute atomic E-state index is 0.0670. The van der Waals surface area contributed by atoms with Crippen LogP contribution in [-0.2, 0) is 0 Å². The van der Waals surface area contributed by atoms with Gasteiger partial charge in [0.15, 0.2) is 11.5 Å². The van der Waals surface area contributed by atoms with Crippen molar-refractivity contribution in [2.24, 2.45) is 0 Å². The fourth-order valence-corrected chi connectivity index (χ4v) is 2.06. The Morgan fingerprint density at radius 2 is 2.00 bits per heavy atom. The van der Waals surface area contributed by atoms with Crippen molar-refractivity contribution >= 4 is 17.3 Å². The number of hydrogen-bond donors (Lipinski definition) is 2. The zero-order valence-corrected chi connectivity index (χ0v) is 11.9. The first-order valence-electron chi connectivity index (χ1n) is 6.09. The molecule has 2 aromatic rings. The molecule has 2 aromatic carbocycles. The minimum atomic E-state index is -0.369. The highest BCUT2D eigenvalue weighted by Gasteiger charge is 2.11. The first-order chi connectivity index (χ1) is 9.51. The van der Waals surface area contributed by atoms with Crippen LogP contribution in [0.4, 0.5) is 10.1 Å². The Morgan fingerprint density at radius 1 is 1.25 bits per heavy atom. The lowest BCUT2D eigenvalue weighted by Crippen LogP contribution is -2.08. The largest absolute Gasteiger partial charge is 0.504 e. The molecule has 0 saturated heterocycles. The van der Waals surface area contributed by atoms with Gasteiger partial charge < -0.3 is 15.2 Å². The van der Waals surface area contributed by atoms with E-state index in [0.717, 1.165) is 5.56 Å². The predicted molar refractivity (Wildman–Crippen MR) is 78.1 cm³/mol. The molecular weight excluding hydrogens is 281 g/mol. The molecule has 0 aromatic heterocycles. The fourth-order valence-electron chi connectivity index (χ4n) is 1.89. The maximum absolute atomic E-state index is 13.7. The molecule has 0 radical (unpaired) electrons. The highest BCUT2D eigenvalue weighted by atomic mass is 35.5. The van der Waals surface area contributed by atoms with Crippen LogP contribution in [-0.4, -0.2) is 12.2 Å². The fraction of sp³-hybridized carbons (Fsp3) is 0.200. The van der Waals surface area contributed by atoms with Crippen molar-refractivity contribution in [2.75, 3.05) is 12.4 Å². The number of hydrogen-bond acceptors (Lipinski definition) is 3. The number of ether oxygens (including phenoxy) is 1. The zero-order chi connectivity index (χ0) is 14.7. The van der Waals surface area contributed by atoms with Gasteiger partial charge in [-0.25, -0.2) is 4.39 Å². The van der Waals surface area contributed by atoms with Gasteiger partial charge in [0, 0.05) is 11.1 Å². The van der Waals surface area contributed by atoms with Crippen molar-refractivity contribution in [3.05, 3.63) is 52.8 Å². The normalized spacial score (nSPS) is 12.0. The molecule has 0 spiro atoms. The van der Waals surface area contributed by atoms with Crippen molar-refractivity contribution in [1.29, 1.82) is 0 Å². The molecular formula is C15H15ClFNO2. The Bertz CT molecular complexity index is 619. The topological polar surface area (TPSA) is 41.5 Å². The molecule has 5 heteroatoms. The summed E-state index contributed by atoms with van der Waals surface area (Å²) in [7, 11) is 1.48. The minimum Gasteiger partial charge on any atom is -0.504 e. The van der Waals surface area contributed by atoms with E-state index in [9.17, 15) is 9.50 Å². The van der Waals surface area contributed by atoms with Crippen LogP contribution >= 0.6 is 11.6 Å². The van der Waals surface area contributed by atoms with E-state index in [-0.39, 0.29) is 17.6 Å². The lowest BCUT2D eigenvalue weighted by molar-refractivity contribution is 0.373. The highest BCUT2D eigenvalue weighted by Crippen LogP contribution is 2.31. The van der Waals surface area contributed by atoms with Crippen LogP contribution in [0, 0.1) is 5.82 Å². The Labute approximate surface area is 122 Å². The third-order valence-corrected chi connectivity index (χ3v) is 3.24. The van der Waals surface area contributed by atoms with Gasteiger partial charge in [-0.05, 0) is 42.8 Å². The monoisotopic (exact) mass is 295 g/mol. The summed E-state index contributed by atoms with van der Waals surface area (Å²) in [6.45, 7) is 1.88. The van der Waals surface area contributed by atoms with Crippen LogP contribution < -0.4 is 10.1 Å². The number of phenolic OH excluding ortho intramolecular Hbond substituents is 1. The van der Waals surface area contributed by atoms with Gasteiger partial charge in [-0.1, -0.05) is 17.7 Å². The average molecular weight is 296 g/mol. The standard InChI is InChI=1S/C15H15ClFNO2/c1-9(10-3-6-14(19)15(7-10)20-2)18-13-8-11(16)4-5-12(13)17/h3-9,18-19H,1-2H3. The van der Waals surface area contributed by atoms with Gasteiger partial charge in [-0.15, -0.1) is 0 Å².